The molecule has 0 unspecified atom stereocenters. The summed E-state index contributed by atoms with van der Waals surface area (Å²) in [5.41, 5.74) is 0. The van der Waals surface area contributed by atoms with E-state index < -0.39 is 0 Å². The fraction of sp³-hybridized carbons (Fsp3) is 1.00. The van der Waals surface area contributed by atoms with Gasteiger partial charge in [-0.25, -0.2) is 0 Å². The summed E-state index contributed by atoms with van der Waals surface area (Å²) in [6.45, 7) is 1.83. The van der Waals surface area contributed by atoms with Crippen LogP contribution in [0.25, 0.3) is 0 Å². The van der Waals surface area contributed by atoms with Crippen LogP contribution in [0.4, 0.5) is 0 Å². The van der Waals surface area contributed by atoms with Crippen LogP contribution in [0, 0.1) is 0 Å². The average molecular weight is 221 g/mol. The molecule has 0 aliphatic heterocycles. The molecule has 0 amide bonds. The van der Waals surface area contributed by atoms with E-state index in [0.717, 1.165) is 13.1 Å². The summed E-state index contributed by atoms with van der Waals surface area (Å²) >= 11 is 1.92. The third kappa shape index (κ3) is 8.81. The van der Waals surface area contributed by atoms with E-state index >= 15 is 0 Å². The molecule has 0 aromatic carbocycles. The third-order valence-electron chi connectivity index (χ3n) is 2.04. The lowest BCUT2D eigenvalue weighted by atomic mass is 10.2. The normalized spacial score (nSPS) is 11.1. The van der Waals surface area contributed by atoms with Crippen molar-refractivity contribution in [2.24, 2.45) is 0 Å². The quantitative estimate of drug-likeness (QED) is 0.449. The van der Waals surface area contributed by atoms with Gasteiger partial charge in [-0.1, -0.05) is 6.42 Å². The molecule has 0 bridgehead atoms. The molecule has 3 nitrogen and oxygen atoms in total. The number of rotatable bonds is 10. The third-order valence-corrected chi connectivity index (χ3v) is 2.74. The van der Waals surface area contributed by atoms with Gasteiger partial charge in [0.15, 0.2) is 6.29 Å². The molecule has 0 heterocycles. The van der Waals surface area contributed by atoms with Gasteiger partial charge < -0.3 is 14.8 Å². The first kappa shape index (κ1) is 14.2. The minimum absolute atomic E-state index is 0.110. The Hall–Kier alpha value is 0.230. The molecule has 0 aromatic rings. The second-order valence-corrected chi connectivity index (χ2v) is 4.14. The van der Waals surface area contributed by atoms with E-state index in [9.17, 15) is 0 Å². The highest BCUT2D eigenvalue weighted by atomic mass is 32.2. The van der Waals surface area contributed by atoms with E-state index in [1.165, 1.54) is 25.0 Å². The summed E-state index contributed by atoms with van der Waals surface area (Å²) in [6, 6.07) is 0. The van der Waals surface area contributed by atoms with Gasteiger partial charge in [0.05, 0.1) is 0 Å². The summed E-state index contributed by atoms with van der Waals surface area (Å²) in [5, 5.41) is 3.31. The molecule has 0 saturated carbocycles. The van der Waals surface area contributed by atoms with E-state index in [-0.39, 0.29) is 6.29 Å². The zero-order valence-electron chi connectivity index (χ0n) is 9.54. The maximum atomic E-state index is 5.06. The molecule has 0 radical (unpaired) electrons. The summed E-state index contributed by atoms with van der Waals surface area (Å²) in [4.78, 5) is 0. The van der Waals surface area contributed by atoms with Crippen LogP contribution in [0.1, 0.15) is 19.3 Å². The number of methoxy groups -OCH3 is 2. The van der Waals surface area contributed by atoms with Crippen molar-refractivity contribution in [3.8, 4) is 0 Å². The average Bonchev–Trinajstić information content (AvgIpc) is 2.22. The van der Waals surface area contributed by atoms with Gasteiger partial charge in [-0.3, -0.25) is 0 Å². The molecule has 0 saturated heterocycles. The SMILES string of the molecule is COC(CNCCCCCSC)OC. The van der Waals surface area contributed by atoms with Gasteiger partial charge in [0.25, 0.3) is 0 Å². The first-order chi connectivity index (χ1) is 6.85. The standard InChI is InChI=1S/C10H23NO2S/c1-12-10(13-2)9-11-7-5-4-6-8-14-3/h10-11H,4-9H2,1-3H3. The molecule has 0 aliphatic carbocycles. The number of hydrogen-bond acceptors (Lipinski definition) is 4. The molecule has 0 spiro atoms. The van der Waals surface area contributed by atoms with Crippen molar-refractivity contribution >= 4 is 11.8 Å². The molecule has 0 aliphatic rings. The van der Waals surface area contributed by atoms with Crippen molar-refractivity contribution in [1.29, 1.82) is 0 Å². The van der Waals surface area contributed by atoms with Crippen molar-refractivity contribution in [2.45, 2.75) is 25.6 Å². The number of ether oxygens (including phenoxy) is 2. The zero-order valence-corrected chi connectivity index (χ0v) is 10.4. The molecule has 0 atom stereocenters. The van der Waals surface area contributed by atoms with Crippen LogP contribution in [0.5, 0.6) is 0 Å². The molecule has 0 rings (SSSR count). The molecular formula is C10H23NO2S. The minimum atomic E-state index is -0.110. The Bertz CT molecular complexity index is 110. The van der Waals surface area contributed by atoms with Gasteiger partial charge in [0.1, 0.15) is 0 Å². The Morgan fingerprint density at radius 1 is 1.14 bits per heavy atom. The summed E-state index contributed by atoms with van der Waals surface area (Å²) in [5.74, 6) is 1.28. The fourth-order valence-corrected chi connectivity index (χ4v) is 1.65. The van der Waals surface area contributed by atoms with E-state index in [4.69, 9.17) is 9.47 Å². The van der Waals surface area contributed by atoms with Crippen molar-refractivity contribution in [3.63, 3.8) is 0 Å². The van der Waals surface area contributed by atoms with Gasteiger partial charge in [-0.05, 0) is 31.4 Å². The molecule has 0 fully saturated rings. The van der Waals surface area contributed by atoms with Crippen LogP contribution in [-0.4, -0.2) is 45.6 Å². The largest absolute Gasteiger partial charge is 0.355 e. The molecule has 1 N–H and O–H groups in total. The zero-order chi connectivity index (χ0) is 10.6. The number of nitrogens with one attached hydrogen (secondary N) is 1. The lowest BCUT2D eigenvalue weighted by Crippen LogP contribution is -2.30. The van der Waals surface area contributed by atoms with Gasteiger partial charge in [-0.2, -0.15) is 11.8 Å². The summed E-state index contributed by atoms with van der Waals surface area (Å²) in [7, 11) is 3.32. The summed E-state index contributed by atoms with van der Waals surface area (Å²) < 4.78 is 10.1. The lowest BCUT2D eigenvalue weighted by Gasteiger charge is -2.13. The predicted molar refractivity (Wildman–Crippen MR) is 62.9 cm³/mol. The Morgan fingerprint density at radius 3 is 2.43 bits per heavy atom. The highest BCUT2D eigenvalue weighted by Gasteiger charge is 2.02. The van der Waals surface area contributed by atoms with Crippen LogP contribution in [0.15, 0.2) is 0 Å². The second kappa shape index (κ2) is 11.3. The fourth-order valence-electron chi connectivity index (χ4n) is 1.16. The van der Waals surface area contributed by atoms with Gasteiger partial charge in [0, 0.05) is 20.8 Å². The van der Waals surface area contributed by atoms with Crippen molar-refractivity contribution in [2.75, 3.05) is 39.3 Å². The molecule has 4 heteroatoms. The second-order valence-electron chi connectivity index (χ2n) is 3.16. The van der Waals surface area contributed by atoms with Crippen LogP contribution >= 0.6 is 11.8 Å². The van der Waals surface area contributed by atoms with Crippen LogP contribution < -0.4 is 5.32 Å². The van der Waals surface area contributed by atoms with E-state index in [0.29, 0.717) is 0 Å². The Labute approximate surface area is 91.9 Å². The highest BCUT2D eigenvalue weighted by molar-refractivity contribution is 7.98. The number of unbranched alkanes of at least 4 members (excludes halogenated alkanes) is 2. The number of hydrogen-bond donors (Lipinski definition) is 1. The predicted octanol–water partition coefficient (Wildman–Crippen LogP) is 1.73. The molecular weight excluding hydrogens is 198 g/mol. The maximum Gasteiger partial charge on any atom is 0.169 e. The number of thioether (sulfide) groups is 1. The maximum absolute atomic E-state index is 5.06. The summed E-state index contributed by atoms with van der Waals surface area (Å²) in [6.07, 6.45) is 5.90. The Balaban J connectivity index is 3.04. The topological polar surface area (TPSA) is 30.5 Å². The van der Waals surface area contributed by atoms with Crippen molar-refractivity contribution < 1.29 is 9.47 Å². The van der Waals surface area contributed by atoms with Gasteiger partial charge in [-0.15, -0.1) is 0 Å². The van der Waals surface area contributed by atoms with E-state index in [1.807, 2.05) is 11.8 Å². The Morgan fingerprint density at radius 2 is 1.86 bits per heavy atom. The lowest BCUT2D eigenvalue weighted by molar-refractivity contribution is -0.0986. The van der Waals surface area contributed by atoms with Crippen molar-refractivity contribution in [1.82, 2.24) is 5.32 Å². The van der Waals surface area contributed by atoms with Crippen LogP contribution in [-0.2, 0) is 9.47 Å². The van der Waals surface area contributed by atoms with E-state index in [1.54, 1.807) is 14.2 Å². The highest BCUT2D eigenvalue weighted by Crippen LogP contribution is 2.01. The molecule has 14 heavy (non-hydrogen) atoms. The van der Waals surface area contributed by atoms with Crippen LogP contribution in [0.3, 0.4) is 0 Å². The smallest absolute Gasteiger partial charge is 0.169 e. The van der Waals surface area contributed by atoms with E-state index in [2.05, 4.69) is 11.6 Å². The minimum Gasteiger partial charge on any atom is -0.355 e. The monoisotopic (exact) mass is 221 g/mol. The van der Waals surface area contributed by atoms with Crippen LogP contribution in [0.2, 0.25) is 0 Å². The first-order valence-electron chi connectivity index (χ1n) is 5.10. The first-order valence-corrected chi connectivity index (χ1v) is 6.49. The molecule has 0 aromatic heterocycles. The molecule has 86 valence electrons. The van der Waals surface area contributed by atoms with Gasteiger partial charge >= 0.3 is 0 Å². The van der Waals surface area contributed by atoms with Gasteiger partial charge in [0.2, 0.25) is 0 Å². The Kier molecular flexibility index (Phi) is 11.5. The van der Waals surface area contributed by atoms with Crippen molar-refractivity contribution in [3.05, 3.63) is 0 Å².